The Morgan fingerprint density at radius 1 is 1.42 bits per heavy atom. The van der Waals surface area contributed by atoms with Crippen LogP contribution in [0.5, 0.6) is 0 Å². The van der Waals surface area contributed by atoms with Crippen molar-refractivity contribution in [3.8, 4) is 0 Å². The third-order valence-electron chi connectivity index (χ3n) is 3.17. The lowest BCUT2D eigenvalue weighted by Gasteiger charge is -2.32. The molecule has 1 aromatic carbocycles. The summed E-state index contributed by atoms with van der Waals surface area (Å²) >= 11 is 0. The fraction of sp³-hybridized carbons (Fsp3) is 0.533. The van der Waals surface area contributed by atoms with Gasteiger partial charge in [0, 0.05) is 23.5 Å². The molecule has 1 aliphatic rings. The highest BCUT2D eigenvalue weighted by molar-refractivity contribution is 5.82. The second kappa shape index (κ2) is 5.11. The molecular weight excluding hydrogens is 238 g/mol. The molecule has 0 bridgehead atoms. The Bertz CT molecular complexity index is 477. The van der Waals surface area contributed by atoms with Crippen molar-refractivity contribution in [2.75, 3.05) is 23.7 Å². The first-order valence-corrected chi connectivity index (χ1v) is 6.79. The van der Waals surface area contributed by atoms with Gasteiger partial charge in [-0.1, -0.05) is 6.07 Å². The molecule has 4 heteroatoms. The highest BCUT2D eigenvalue weighted by Crippen LogP contribution is 2.28. The fourth-order valence-corrected chi connectivity index (χ4v) is 2.46. The first-order chi connectivity index (χ1) is 8.85. The molecule has 3 N–H and O–H groups in total. The summed E-state index contributed by atoms with van der Waals surface area (Å²) in [4.78, 5) is 14.2. The van der Waals surface area contributed by atoms with E-state index in [0.717, 1.165) is 30.8 Å². The van der Waals surface area contributed by atoms with Crippen LogP contribution in [0.3, 0.4) is 0 Å². The quantitative estimate of drug-likeness (QED) is 0.800. The van der Waals surface area contributed by atoms with Crippen LogP contribution in [0, 0.1) is 0 Å². The molecule has 2 rings (SSSR count). The van der Waals surface area contributed by atoms with Crippen LogP contribution in [0.2, 0.25) is 0 Å². The van der Waals surface area contributed by atoms with Gasteiger partial charge >= 0.3 is 0 Å². The average Bonchev–Trinajstić information content (AvgIpc) is 2.27. The predicted molar refractivity (Wildman–Crippen MR) is 79.3 cm³/mol. The number of hydrogen-bond acceptors (Lipinski definition) is 3. The smallest absolute Gasteiger partial charge is 0.239 e. The molecule has 0 radical (unpaired) electrons. The second-order valence-corrected chi connectivity index (χ2v) is 6.21. The standard InChI is InChI=1S/C15H23N3O/c1-15(2,3)17-14(19)10-18-8-4-5-11-6-7-12(16)9-13(11)18/h6-7,9H,4-5,8,10,16H2,1-3H3,(H,17,19). The molecule has 19 heavy (non-hydrogen) atoms. The zero-order valence-electron chi connectivity index (χ0n) is 12.0. The highest BCUT2D eigenvalue weighted by atomic mass is 16.2. The van der Waals surface area contributed by atoms with Crippen molar-refractivity contribution in [3.05, 3.63) is 23.8 Å². The molecule has 1 heterocycles. The summed E-state index contributed by atoms with van der Waals surface area (Å²) in [5.74, 6) is 0.0581. The van der Waals surface area contributed by atoms with Crippen LogP contribution in [0.1, 0.15) is 32.8 Å². The van der Waals surface area contributed by atoms with Crippen molar-refractivity contribution in [1.82, 2.24) is 5.32 Å². The number of amides is 1. The number of nitrogens with zero attached hydrogens (tertiary/aromatic N) is 1. The van der Waals surface area contributed by atoms with Gasteiger partial charge in [0.05, 0.1) is 6.54 Å². The van der Waals surface area contributed by atoms with Crippen LogP contribution in [-0.4, -0.2) is 24.5 Å². The van der Waals surface area contributed by atoms with Crippen LogP contribution in [-0.2, 0) is 11.2 Å². The van der Waals surface area contributed by atoms with Crippen molar-refractivity contribution in [2.45, 2.75) is 39.2 Å². The first-order valence-electron chi connectivity index (χ1n) is 6.79. The van der Waals surface area contributed by atoms with Crippen LogP contribution in [0.15, 0.2) is 18.2 Å². The Kier molecular flexibility index (Phi) is 3.69. The van der Waals surface area contributed by atoms with E-state index in [4.69, 9.17) is 5.73 Å². The van der Waals surface area contributed by atoms with Crippen LogP contribution in [0.4, 0.5) is 11.4 Å². The van der Waals surface area contributed by atoms with E-state index in [2.05, 4.69) is 16.3 Å². The lowest BCUT2D eigenvalue weighted by molar-refractivity contribution is -0.121. The first kappa shape index (κ1) is 13.7. The number of nitrogens with one attached hydrogen (secondary N) is 1. The van der Waals surface area contributed by atoms with E-state index in [9.17, 15) is 4.79 Å². The van der Waals surface area contributed by atoms with Crippen molar-refractivity contribution in [1.29, 1.82) is 0 Å². The third-order valence-corrected chi connectivity index (χ3v) is 3.17. The van der Waals surface area contributed by atoms with Crippen LogP contribution >= 0.6 is 0 Å². The van der Waals surface area contributed by atoms with Gasteiger partial charge in [-0.05, 0) is 51.3 Å². The Balaban J connectivity index is 2.11. The predicted octanol–water partition coefficient (Wildman–Crippen LogP) is 1.94. The maximum atomic E-state index is 12.0. The van der Waals surface area contributed by atoms with Gasteiger partial charge in [0.2, 0.25) is 5.91 Å². The van der Waals surface area contributed by atoms with Gasteiger partial charge in [0.15, 0.2) is 0 Å². The van der Waals surface area contributed by atoms with Crippen LogP contribution < -0.4 is 16.0 Å². The maximum Gasteiger partial charge on any atom is 0.239 e. The van der Waals surface area contributed by atoms with Gasteiger partial charge in [-0.3, -0.25) is 4.79 Å². The van der Waals surface area contributed by atoms with Gasteiger partial charge < -0.3 is 16.0 Å². The molecule has 0 fully saturated rings. The summed E-state index contributed by atoms with van der Waals surface area (Å²) in [6, 6.07) is 5.97. The van der Waals surface area contributed by atoms with Gasteiger partial charge in [-0.15, -0.1) is 0 Å². The lowest BCUT2D eigenvalue weighted by Crippen LogP contribution is -2.47. The summed E-state index contributed by atoms with van der Waals surface area (Å²) in [7, 11) is 0. The molecule has 1 amide bonds. The number of benzene rings is 1. The Morgan fingerprint density at radius 2 is 2.16 bits per heavy atom. The Labute approximate surface area is 115 Å². The summed E-state index contributed by atoms with van der Waals surface area (Å²) in [5.41, 5.74) is 8.80. The van der Waals surface area contributed by atoms with E-state index >= 15 is 0 Å². The largest absolute Gasteiger partial charge is 0.399 e. The fourth-order valence-electron chi connectivity index (χ4n) is 2.46. The summed E-state index contributed by atoms with van der Waals surface area (Å²) in [6.45, 7) is 7.29. The molecule has 4 nitrogen and oxygen atoms in total. The third kappa shape index (κ3) is 3.63. The average molecular weight is 261 g/mol. The number of nitrogens with two attached hydrogens (primary N) is 1. The molecule has 104 valence electrons. The minimum atomic E-state index is -0.189. The summed E-state index contributed by atoms with van der Waals surface area (Å²) in [6.07, 6.45) is 2.15. The number of fused-ring (bicyclic) bond motifs is 1. The summed E-state index contributed by atoms with van der Waals surface area (Å²) in [5, 5.41) is 3.00. The van der Waals surface area contributed by atoms with E-state index in [1.54, 1.807) is 0 Å². The molecule has 1 aliphatic heterocycles. The Hall–Kier alpha value is -1.71. The molecule has 0 saturated carbocycles. The van der Waals surface area contributed by atoms with Crippen molar-refractivity contribution in [3.63, 3.8) is 0 Å². The number of carbonyl (C=O) groups is 1. The molecular formula is C15H23N3O. The van der Waals surface area contributed by atoms with Gasteiger partial charge in [-0.2, -0.15) is 0 Å². The minimum absolute atomic E-state index is 0.0581. The van der Waals surface area contributed by atoms with E-state index < -0.39 is 0 Å². The van der Waals surface area contributed by atoms with Gasteiger partial charge in [0.25, 0.3) is 0 Å². The normalized spacial score (nSPS) is 15.0. The van der Waals surface area contributed by atoms with Crippen LogP contribution in [0.25, 0.3) is 0 Å². The van der Waals surface area contributed by atoms with E-state index in [1.807, 2.05) is 32.9 Å². The number of aryl methyl sites for hydroxylation is 1. The minimum Gasteiger partial charge on any atom is -0.399 e. The number of rotatable bonds is 2. The zero-order valence-corrected chi connectivity index (χ0v) is 12.0. The lowest BCUT2D eigenvalue weighted by atomic mass is 10.0. The number of anilines is 2. The number of nitrogen functional groups attached to an aromatic ring is 1. The molecule has 0 spiro atoms. The topological polar surface area (TPSA) is 58.4 Å². The van der Waals surface area contributed by atoms with E-state index in [1.165, 1.54) is 5.56 Å². The molecule has 0 saturated heterocycles. The van der Waals surface area contributed by atoms with Crippen molar-refractivity contribution in [2.24, 2.45) is 0 Å². The van der Waals surface area contributed by atoms with E-state index in [0.29, 0.717) is 6.54 Å². The molecule has 0 atom stereocenters. The molecule has 0 aromatic heterocycles. The SMILES string of the molecule is CC(C)(C)NC(=O)CN1CCCc2ccc(N)cc21. The number of carbonyl (C=O) groups excluding carboxylic acids is 1. The summed E-state index contributed by atoms with van der Waals surface area (Å²) < 4.78 is 0. The van der Waals surface area contributed by atoms with E-state index in [-0.39, 0.29) is 11.4 Å². The molecule has 1 aromatic rings. The zero-order chi connectivity index (χ0) is 14.0. The van der Waals surface area contributed by atoms with Crippen molar-refractivity contribution >= 4 is 17.3 Å². The maximum absolute atomic E-state index is 12.0. The molecule has 0 unspecified atom stereocenters. The highest BCUT2D eigenvalue weighted by Gasteiger charge is 2.21. The van der Waals surface area contributed by atoms with Crippen molar-refractivity contribution < 1.29 is 4.79 Å². The number of hydrogen-bond donors (Lipinski definition) is 2. The van der Waals surface area contributed by atoms with Gasteiger partial charge in [-0.25, -0.2) is 0 Å². The Morgan fingerprint density at radius 3 is 2.84 bits per heavy atom. The molecule has 0 aliphatic carbocycles. The monoisotopic (exact) mass is 261 g/mol. The second-order valence-electron chi connectivity index (χ2n) is 6.21. The van der Waals surface area contributed by atoms with Gasteiger partial charge in [0.1, 0.15) is 0 Å².